The Balaban J connectivity index is 3.13. The quantitative estimate of drug-likeness (QED) is 0.470. The van der Waals surface area contributed by atoms with Crippen molar-refractivity contribution in [3.8, 4) is 5.75 Å². The molecule has 0 fully saturated rings. The largest absolute Gasteiger partial charge is 0.507 e. The summed E-state index contributed by atoms with van der Waals surface area (Å²) in [5.41, 5.74) is 6.20. The van der Waals surface area contributed by atoms with Gasteiger partial charge < -0.3 is 10.8 Å². The third-order valence-electron chi connectivity index (χ3n) is 2.26. The molecular formula is C10H13ClN2O3. The maximum absolute atomic E-state index is 10.7. The van der Waals surface area contributed by atoms with Crippen molar-refractivity contribution in [2.24, 2.45) is 5.73 Å². The predicted octanol–water partition coefficient (Wildman–Crippen LogP) is 1.93. The number of alkyl halides is 1. The van der Waals surface area contributed by atoms with Gasteiger partial charge in [0.15, 0.2) is 0 Å². The standard InChI is InChI=1S/C10H13ClN2O3/c11-6-8-5-9(13(15)16)4-7(10(8)14)2-1-3-12/h4-5,14H,1-3,6,12H2. The van der Waals surface area contributed by atoms with Crippen molar-refractivity contribution in [3.05, 3.63) is 33.4 Å². The van der Waals surface area contributed by atoms with Crippen molar-refractivity contribution in [2.75, 3.05) is 6.54 Å². The number of aryl methyl sites for hydroxylation is 1. The lowest BCUT2D eigenvalue weighted by atomic mass is 10.0. The van der Waals surface area contributed by atoms with Crippen LogP contribution >= 0.6 is 11.6 Å². The molecule has 0 radical (unpaired) electrons. The van der Waals surface area contributed by atoms with E-state index in [9.17, 15) is 15.2 Å². The van der Waals surface area contributed by atoms with Crippen LogP contribution < -0.4 is 5.73 Å². The normalized spacial score (nSPS) is 10.4. The van der Waals surface area contributed by atoms with Gasteiger partial charge in [-0.1, -0.05) is 0 Å². The second-order valence-corrected chi connectivity index (χ2v) is 3.66. The number of phenolic OH excluding ortho intramolecular Hbond substituents is 1. The first-order valence-corrected chi connectivity index (χ1v) is 5.38. The summed E-state index contributed by atoms with van der Waals surface area (Å²) in [6, 6.07) is 2.65. The van der Waals surface area contributed by atoms with E-state index in [4.69, 9.17) is 17.3 Å². The first-order chi connectivity index (χ1) is 7.60. The van der Waals surface area contributed by atoms with Crippen LogP contribution in [0.5, 0.6) is 5.75 Å². The van der Waals surface area contributed by atoms with E-state index in [1.807, 2.05) is 0 Å². The molecule has 1 aromatic carbocycles. The highest BCUT2D eigenvalue weighted by molar-refractivity contribution is 6.17. The maximum Gasteiger partial charge on any atom is 0.270 e. The van der Waals surface area contributed by atoms with Crippen molar-refractivity contribution in [1.82, 2.24) is 0 Å². The average Bonchev–Trinajstić information content (AvgIpc) is 2.27. The van der Waals surface area contributed by atoms with Crippen molar-refractivity contribution in [1.29, 1.82) is 0 Å². The lowest BCUT2D eigenvalue weighted by molar-refractivity contribution is -0.385. The summed E-state index contributed by atoms with van der Waals surface area (Å²) >= 11 is 5.61. The predicted molar refractivity (Wildman–Crippen MR) is 61.7 cm³/mol. The number of nitro groups is 1. The number of hydrogen-bond donors (Lipinski definition) is 2. The minimum atomic E-state index is -0.499. The van der Waals surface area contributed by atoms with Crippen LogP contribution in [0.25, 0.3) is 0 Å². The first-order valence-electron chi connectivity index (χ1n) is 4.85. The molecule has 88 valence electrons. The van der Waals surface area contributed by atoms with Gasteiger partial charge in [0.25, 0.3) is 5.69 Å². The molecule has 0 aromatic heterocycles. The van der Waals surface area contributed by atoms with Crippen LogP contribution in [0, 0.1) is 10.1 Å². The molecule has 0 amide bonds. The fourth-order valence-corrected chi connectivity index (χ4v) is 1.64. The number of hydrogen-bond acceptors (Lipinski definition) is 4. The van der Waals surface area contributed by atoms with Gasteiger partial charge in [-0.15, -0.1) is 11.6 Å². The number of halogens is 1. The van der Waals surface area contributed by atoms with E-state index >= 15 is 0 Å². The minimum Gasteiger partial charge on any atom is -0.507 e. The summed E-state index contributed by atoms with van der Waals surface area (Å²) < 4.78 is 0. The molecule has 1 rings (SSSR count). The fourth-order valence-electron chi connectivity index (χ4n) is 1.43. The molecular weight excluding hydrogens is 232 g/mol. The number of non-ortho nitro benzene ring substituents is 1. The molecule has 0 aliphatic carbocycles. The third kappa shape index (κ3) is 2.84. The van der Waals surface area contributed by atoms with Gasteiger partial charge in [-0.05, 0) is 19.4 Å². The van der Waals surface area contributed by atoms with Gasteiger partial charge in [-0.2, -0.15) is 0 Å². The van der Waals surface area contributed by atoms with Gasteiger partial charge in [0.1, 0.15) is 5.75 Å². The Morgan fingerprint density at radius 2 is 2.06 bits per heavy atom. The van der Waals surface area contributed by atoms with Gasteiger partial charge in [-0.25, -0.2) is 0 Å². The molecule has 5 nitrogen and oxygen atoms in total. The van der Waals surface area contributed by atoms with Gasteiger partial charge in [0, 0.05) is 23.3 Å². The lowest BCUT2D eigenvalue weighted by Gasteiger charge is -2.07. The second-order valence-electron chi connectivity index (χ2n) is 3.40. The van der Waals surface area contributed by atoms with Crippen molar-refractivity contribution in [3.63, 3.8) is 0 Å². The summed E-state index contributed by atoms with van der Waals surface area (Å²) in [7, 11) is 0. The molecule has 6 heteroatoms. The highest BCUT2D eigenvalue weighted by Crippen LogP contribution is 2.30. The molecule has 0 aliphatic rings. The number of benzene rings is 1. The number of rotatable bonds is 5. The molecule has 0 saturated heterocycles. The highest BCUT2D eigenvalue weighted by Gasteiger charge is 2.15. The molecule has 0 saturated carbocycles. The van der Waals surface area contributed by atoms with Crippen molar-refractivity contribution in [2.45, 2.75) is 18.7 Å². The number of aromatic hydroxyl groups is 1. The molecule has 0 bridgehead atoms. The van der Waals surface area contributed by atoms with E-state index in [0.29, 0.717) is 30.5 Å². The van der Waals surface area contributed by atoms with E-state index in [2.05, 4.69) is 0 Å². The highest BCUT2D eigenvalue weighted by atomic mass is 35.5. The Morgan fingerprint density at radius 3 is 2.56 bits per heavy atom. The zero-order chi connectivity index (χ0) is 12.1. The Hall–Kier alpha value is -1.33. The Labute approximate surface area is 98.0 Å². The minimum absolute atomic E-state index is 0.0362. The topological polar surface area (TPSA) is 89.4 Å². The average molecular weight is 245 g/mol. The molecule has 0 heterocycles. The summed E-state index contributed by atoms with van der Waals surface area (Å²) in [5, 5.41) is 20.4. The maximum atomic E-state index is 10.7. The first kappa shape index (κ1) is 12.7. The number of nitrogens with two attached hydrogens (primary N) is 1. The molecule has 16 heavy (non-hydrogen) atoms. The summed E-state index contributed by atoms with van der Waals surface area (Å²) in [6.45, 7) is 0.471. The number of nitrogens with zero attached hydrogens (tertiary/aromatic N) is 1. The smallest absolute Gasteiger partial charge is 0.270 e. The number of phenols is 1. The zero-order valence-corrected chi connectivity index (χ0v) is 9.41. The van der Waals surface area contributed by atoms with Crippen molar-refractivity contribution >= 4 is 17.3 Å². The third-order valence-corrected chi connectivity index (χ3v) is 2.55. The van der Waals surface area contributed by atoms with Gasteiger partial charge in [0.2, 0.25) is 0 Å². The Bertz CT molecular complexity index is 396. The molecule has 1 aromatic rings. The Kier molecular flexibility index (Phi) is 4.52. The van der Waals surface area contributed by atoms with E-state index in [1.54, 1.807) is 0 Å². The van der Waals surface area contributed by atoms with Crippen molar-refractivity contribution < 1.29 is 10.0 Å². The molecule has 0 aliphatic heterocycles. The lowest BCUT2D eigenvalue weighted by Crippen LogP contribution is -2.02. The SMILES string of the molecule is NCCCc1cc([N+](=O)[O-])cc(CCl)c1O. The van der Waals surface area contributed by atoms with Crippen LogP contribution in [0.3, 0.4) is 0 Å². The summed E-state index contributed by atoms with van der Waals surface area (Å²) in [5.74, 6) is 0.0809. The van der Waals surface area contributed by atoms with Crippen LogP contribution in [0.4, 0.5) is 5.69 Å². The monoisotopic (exact) mass is 244 g/mol. The molecule has 3 N–H and O–H groups in total. The molecule has 0 unspecified atom stereocenters. The van der Waals surface area contributed by atoms with Gasteiger partial charge in [0.05, 0.1) is 10.8 Å². The van der Waals surface area contributed by atoms with Gasteiger partial charge >= 0.3 is 0 Å². The molecule has 0 spiro atoms. The van der Waals surface area contributed by atoms with Crippen LogP contribution in [0.2, 0.25) is 0 Å². The van der Waals surface area contributed by atoms with Crippen LogP contribution in [-0.2, 0) is 12.3 Å². The van der Waals surface area contributed by atoms with Crippen LogP contribution in [0.15, 0.2) is 12.1 Å². The number of nitro benzene ring substituents is 1. The van der Waals surface area contributed by atoms with E-state index < -0.39 is 4.92 Å². The molecule has 0 atom stereocenters. The summed E-state index contributed by atoms with van der Waals surface area (Å²) in [4.78, 5) is 10.2. The van der Waals surface area contributed by atoms with E-state index in [0.717, 1.165) is 0 Å². The fraction of sp³-hybridized carbons (Fsp3) is 0.400. The zero-order valence-electron chi connectivity index (χ0n) is 8.65. The van der Waals surface area contributed by atoms with Crippen LogP contribution in [0.1, 0.15) is 17.5 Å². The van der Waals surface area contributed by atoms with Gasteiger partial charge in [-0.3, -0.25) is 10.1 Å². The Morgan fingerprint density at radius 1 is 1.44 bits per heavy atom. The van der Waals surface area contributed by atoms with E-state index in [-0.39, 0.29) is 17.3 Å². The van der Waals surface area contributed by atoms with Crippen LogP contribution in [-0.4, -0.2) is 16.6 Å². The second kappa shape index (κ2) is 5.67. The van der Waals surface area contributed by atoms with E-state index in [1.165, 1.54) is 12.1 Å². The summed E-state index contributed by atoms with van der Waals surface area (Å²) in [6.07, 6.45) is 1.17.